The zero-order chi connectivity index (χ0) is 35.9. The summed E-state index contributed by atoms with van der Waals surface area (Å²) in [4.78, 5) is 16.7. The number of hydrogen-bond donors (Lipinski definition) is 1. The van der Waals surface area contributed by atoms with Crippen LogP contribution in [0.3, 0.4) is 0 Å². The van der Waals surface area contributed by atoms with Gasteiger partial charge in [-0.2, -0.15) is 0 Å². The number of amides is 1. The number of phenols is 1. The van der Waals surface area contributed by atoms with E-state index < -0.39 is 19.3 Å². The van der Waals surface area contributed by atoms with Crippen molar-refractivity contribution in [1.29, 1.82) is 0 Å². The first-order valence-corrected chi connectivity index (χ1v) is 21.1. The monoisotopic (exact) mass is 695 g/mol. The van der Waals surface area contributed by atoms with Crippen LogP contribution in [0.2, 0.25) is 18.1 Å². The fourth-order valence-corrected chi connectivity index (χ4v) is 9.46. The first-order valence-electron chi connectivity index (χ1n) is 18.2. The van der Waals surface area contributed by atoms with Crippen molar-refractivity contribution in [3.63, 3.8) is 0 Å². The first-order chi connectivity index (χ1) is 24.4. The van der Waals surface area contributed by atoms with Gasteiger partial charge in [0.05, 0.1) is 17.1 Å². The minimum absolute atomic E-state index is 0.0468. The summed E-state index contributed by atoms with van der Waals surface area (Å²) >= 11 is 0. The zero-order valence-electron chi connectivity index (χ0n) is 30.4. The topological polar surface area (TPSA) is 59.0 Å². The fraction of sp³-hybridized carbons (Fsp3) is 0.311. The van der Waals surface area contributed by atoms with E-state index >= 15 is 0 Å². The summed E-state index contributed by atoms with van der Waals surface area (Å²) < 4.78 is 14.1. The number of carbonyl (C=O) groups is 1. The Kier molecular flexibility index (Phi) is 9.19. The zero-order valence-corrected chi connectivity index (χ0v) is 31.4. The van der Waals surface area contributed by atoms with Gasteiger partial charge in [0.2, 0.25) is 5.91 Å². The van der Waals surface area contributed by atoms with Crippen LogP contribution in [0.4, 0.5) is 5.69 Å². The highest BCUT2D eigenvalue weighted by molar-refractivity contribution is 6.74. The van der Waals surface area contributed by atoms with Gasteiger partial charge in [-0.05, 0) is 96.4 Å². The molecule has 0 unspecified atom stereocenters. The average molecular weight is 696 g/mol. The van der Waals surface area contributed by atoms with E-state index in [9.17, 15) is 9.90 Å². The number of ether oxygens (including phenoxy) is 1. The molecule has 262 valence electrons. The summed E-state index contributed by atoms with van der Waals surface area (Å²) in [5, 5.41) is 10.3. The van der Waals surface area contributed by atoms with Gasteiger partial charge >= 0.3 is 0 Å². The van der Waals surface area contributed by atoms with Crippen molar-refractivity contribution in [2.24, 2.45) is 5.41 Å². The van der Waals surface area contributed by atoms with E-state index in [0.29, 0.717) is 19.4 Å². The highest BCUT2D eigenvalue weighted by atomic mass is 28.4. The second kappa shape index (κ2) is 13.5. The Hall–Kier alpha value is -4.65. The molecule has 2 aliphatic rings. The summed E-state index contributed by atoms with van der Waals surface area (Å²) in [5.41, 5.74) is 4.93. The van der Waals surface area contributed by atoms with Gasteiger partial charge in [0.15, 0.2) is 8.32 Å². The number of carbonyl (C=O) groups excluding carboxylic acids is 1. The maximum atomic E-state index is 14.8. The standard InChI is InChI=1S/C45H49NO4Si/c1-43(2,3)51(4,5)50-45(36-19-11-7-12-20-36)28-26-44(27-29-45)41(46(42(44)48)37-21-13-8-14-22-37)39-25-24-35(34-18-15-23-38(47)30-34)31-40(39)49-32-33-16-9-6-10-17-33/h6-25,30-31,41,47H,26-29,32H2,1-5H3/t41-,44?,45?/m1/s1. The molecule has 5 nitrogen and oxygen atoms in total. The molecule has 0 aromatic heterocycles. The van der Waals surface area contributed by atoms with E-state index in [1.54, 1.807) is 12.1 Å². The van der Waals surface area contributed by atoms with Crippen LogP contribution in [-0.2, 0) is 21.4 Å². The minimum atomic E-state index is -2.18. The van der Waals surface area contributed by atoms with Gasteiger partial charge in [-0.3, -0.25) is 4.79 Å². The van der Waals surface area contributed by atoms with Crippen molar-refractivity contribution in [3.8, 4) is 22.6 Å². The number of benzene rings is 5. The molecule has 1 atom stereocenters. The molecular weight excluding hydrogens is 647 g/mol. The van der Waals surface area contributed by atoms with Gasteiger partial charge in [-0.1, -0.05) is 124 Å². The third-order valence-electron chi connectivity index (χ3n) is 11.7. The summed E-state index contributed by atoms with van der Waals surface area (Å²) in [6.45, 7) is 11.9. The molecule has 0 radical (unpaired) electrons. The molecule has 7 rings (SSSR count). The molecule has 51 heavy (non-hydrogen) atoms. The van der Waals surface area contributed by atoms with Crippen LogP contribution in [0.5, 0.6) is 11.5 Å². The molecular formula is C45H49NO4Si. The van der Waals surface area contributed by atoms with Gasteiger partial charge in [0, 0.05) is 11.3 Å². The molecule has 1 heterocycles. The molecule has 0 bridgehead atoms. The molecule has 1 saturated heterocycles. The van der Waals surface area contributed by atoms with Crippen LogP contribution < -0.4 is 9.64 Å². The summed E-state index contributed by atoms with van der Waals surface area (Å²) in [7, 11) is -2.18. The van der Waals surface area contributed by atoms with Gasteiger partial charge in [-0.25, -0.2) is 0 Å². The predicted molar refractivity (Wildman–Crippen MR) is 208 cm³/mol. The van der Waals surface area contributed by atoms with Crippen molar-refractivity contribution in [2.45, 2.75) is 82.8 Å². The maximum absolute atomic E-state index is 14.8. The van der Waals surface area contributed by atoms with E-state index in [4.69, 9.17) is 9.16 Å². The second-order valence-corrected chi connectivity index (χ2v) is 20.6. The Morgan fingerprint density at radius 3 is 1.98 bits per heavy atom. The third kappa shape index (κ3) is 6.52. The molecule has 5 aromatic carbocycles. The number of para-hydroxylation sites is 1. The minimum Gasteiger partial charge on any atom is -0.508 e. The SMILES string of the molecule is CC(C)(C)[Si](C)(C)OC1(c2ccccc2)CCC2(CC1)C(=O)N(c1ccccc1)[C@@H]2c1ccc(-c2cccc(O)c2)cc1OCc1ccccc1. The number of β-lactam (4-membered cyclic amide) rings is 1. The average Bonchev–Trinajstić information content (AvgIpc) is 3.13. The van der Waals surface area contributed by atoms with Crippen LogP contribution in [0.15, 0.2) is 133 Å². The van der Waals surface area contributed by atoms with Gasteiger partial charge in [0.25, 0.3) is 0 Å². The van der Waals surface area contributed by atoms with Crippen LogP contribution in [0.25, 0.3) is 11.1 Å². The van der Waals surface area contributed by atoms with Crippen molar-refractivity contribution >= 4 is 19.9 Å². The molecule has 1 N–H and O–H groups in total. The Morgan fingerprint density at radius 1 is 0.745 bits per heavy atom. The number of hydrogen-bond acceptors (Lipinski definition) is 4. The first kappa shape index (κ1) is 34.8. The number of anilines is 1. The van der Waals surface area contributed by atoms with Crippen LogP contribution in [0.1, 0.15) is 69.2 Å². The van der Waals surface area contributed by atoms with Crippen molar-refractivity contribution in [1.82, 2.24) is 0 Å². The quantitative estimate of drug-likeness (QED) is 0.123. The highest BCUT2D eigenvalue weighted by Gasteiger charge is 2.65. The largest absolute Gasteiger partial charge is 0.508 e. The van der Waals surface area contributed by atoms with Gasteiger partial charge in [0.1, 0.15) is 18.1 Å². The number of aromatic hydroxyl groups is 1. The van der Waals surface area contributed by atoms with E-state index in [0.717, 1.165) is 46.5 Å². The van der Waals surface area contributed by atoms with Crippen molar-refractivity contribution < 1.29 is 19.1 Å². The lowest BCUT2D eigenvalue weighted by molar-refractivity contribution is -0.149. The number of phenolic OH excluding ortho intramolecular Hbond substituents is 1. The Morgan fingerprint density at radius 2 is 1.35 bits per heavy atom. The van der Waals surface area contributed by atoms with Gasteiger partial charge < -0.3 is 19.2 Å². The molecule has 1 saturated carbocycles. The predicted octanol–water partition coefficient (Wildman–Crippen LogP) is 11.2. The van der Waals surface area contributed by atoms with Gasteiger partial charge in [-0.15, -0.1) is 0 Å². The van der Waals surface area contributed by atoms with E-state index in [-0.39, 0.29) is 22.7 Å². The number of nitrogens with zero attached hydrogens (tertiary/aromatic N) is 1. The lowest BCUT2D eigenvalue weighted by atomic mass is 9.56. The van der Waals surface area contributed by atoms with Crippen molar-refractivity contribution in [2.75, 3.05) is 4.90 Å². The van der Waals surface area contributed by atoms with E-state index in [1.165, 1.54) is 5.56 Å². The smallest absolute Gasteiger partial charge is 0.236 e. The molecule has 1 aliphatic heterocycles. The summed E-state index contributed by atoms with van der Waals surface area (Å²) in [6, 6.07) is 44.3. The molecule has 1 spiro atoms. The third-order valence-corrected chi connectivity index (χ3v) is 16.2. The highest BCUT2D eigenvalue weighted by Crippen LogP contribution is 2.64. The van der Waals surface area contributed by atoms with Crippen LogP contribution in [0, 0.1) is 5.41 Å². The van der Waals surface area contributed by atoms with Crippen LogP contribution >= 0.6 is 0 Å². The van der Waals surface area contributed by atoms with E-state index in [2.05, 4.69) is 94.5 Å². The number of rotatable bonds is 9. The molecule has 6 heteroatoms. The summed E-state index contributed by atoms with van der Waals surface area (Å²) in [6.07, 6.45) is 2.93. The normalized spacial score (nSPS) is 22.1. The molecule has 1 amide bonds. The lowest BCUT2D eigenvalue weighted by Crippen LogP contribution is -2.66. The Labute approximate surface area is 304 Å². The summed E-state index contributed by atoms with van der Waals surface area (Å²) in [5.74, 6) is 1.12. The Balaban J connectivity index is 1.31. The Bertz CT molecular complexity index is 1980. The maximum Gasteiger partial charge on any atom is 0.236 e. The van der Waals surface area contributed by atoms with E-state index in [1.807, 2.05) is 65.6 Å². The molecule has 5 aromatic rings. The second-order valence-electron chi connectivity index (χ2n) is 15.9. The lowest BCUT2D eigenvalue weighted by Gasteiger charge is -2.61. The van der Waals surface area contributed by atoms with Crippen molar-refractivity contribution in [3.05, 3.63) is 150 Å². The van der Waals surface area contributed by atoms with Crippen LogP contribution in [-0.4, -0.2) is 19.3 Å². The molecule has 2 fully saturated rings. The fourth-order valence-electron chi connectivity index (χ4n) is 7.85. The molecule has 1 aliphatic carbocycles.